The number of hydrogen-bond acceptors (Lipinski definition) is 6. The number of benzene rings is 2. The Morgan fingerprint density at radius 3 is 2.62 bits per heavy atom. The molecule has 0 bridgehead atoms. The monoisotopic (exact) mass is 397 g/mol. The molecule has 0 aromatic heterocycles. The molecular formula is C18H17Cl2NO5. The van der Waals surface area contributed by atoms with Crippen molar-refractivity contribution >= 4 is 29.4 Å². The number of oxime groups is 1. The van der Waals surface area contributed by atoms with E-state index in [2.05, 4.69) is 5.16 Å². The van der Waals surface area contributed by atoms with Crippen LogP contribution in [-0.2, 0) is 11.4 Å². The van der Waals surface area contributed by atoms with Crippen LogP contribution in [0.3, 0.4) is 0 Å². The second kappa shape index (κ2) is 8.38. The summed E-state index contributed by atoms with van der Waals surface area (Å²) in [6, 6.07) is 7.04. The number of methoxy groups -OCH3 is 2. The van der Waals surface area contributed by atoms with Crippen LogP contribution in [0.5, 0.6) is 23.0 Å². The van der Waals surface area contributed by atoms with Crippen LogP contribution in [0.4, 0.5) is 0 Å². The minimum Gasteiger partial charge on any atom is -0.493 e. The van der Waals surface area contributed by atoms with Crippen molar-refractivity contribution in [2.45, 2.75) is 6.61 Å². The molecule has 2 aromatic carbocycles. The molecular weight excluding hydrogens is 381 g/mol. The fourth-order valence-electron chi connectivity index (χ4n) is 2.47. The van der Waals surface area contributed by atoms with Crippen molar-refractivity contribution < 1.29 is 23.8 Å². The highest BCUT2D eigenvalue weighted by atomic mass is 35.5. The smallest absolute Gasteiger partial charge is 0.179 e. The molecule has 0 spiro atoms. The molecule has 3 rings (SSSR count). The van der Waals surface area contributed by atoms with Crippen molar-refractivity contribution in [2.24, 2.45) is 5.16 Å². The predicted octanol–water partition coefficient (Wildman–Crippen LogP) is 4.33. The number of rotatable bonds is 6. The topological polar surface area (TPSA) is 58.5 Å². The zero-order chi connectivity index (χ0) is 18.5. The summed E-state index contributed by atoms with van der Waals surface area (Å²) in [5.41, 5.74) is 1.54. The maximum atomic E-state index is 6.20. The summed E-state index contributed by atoms with van der Waals surface area (Å²) in [7, 11) is 3.07. The van der Waals surface area contributed by atoms with Crippen LogP contribution in [0, 0.1) is 0 Å². The molecule has 8 heteroatoms. The Labute approximate surface area is 161 Å². The molecule has 1 heterocycles. The number of nitrogens with zero attached hydrogens (tertiary/aromatic N) is 1. The zero-order valence-electron chi connectivity index (χ0n) is 14.3. The standard InChI is InChI=1S/C18H17Cl2NO5/c1-22-15-7-11(5-13(19)17(15)23-2)9-21-26-10-12-6-14(20)18-16(8-12)24-3-4-25-18/h5-9H,3-4,10H2,1-2H3/b21-9+. The van der Waals surface area contributed by atoms with Gasteiger partial charge in [0.25, 0.3) is 0 Å². The summed E-state index contributed by atoms with van der Waals surface area (Å²) >= 11 is 12.4. The van der Waals surface area contributed by atoms with Gasteiger partial charge in [0, 0.05) is 5.56 Å². The maximum Gasteiger partial charge on any atom is 0.179 e. The van der Waals surface area contributed by atoms with Gasteiger partial charge in [0.15, 0.2) is 23.0 Å². The first-order chi connectivity index (χ1) is 12.6. The van der Waals surface area contributed by atoms with Gasteiger partial charge in [-0.1, -0.05) is 28.4 Å². The van der Waals surface area contributed by atoms with E-state index in [0.717, 1.165) is 5.56 Å². The second-order valence-corrected chi connectivity index (χ2v) is 6.16. The van der Waals surface area contributed by atoms with Crippen molar-refractivity contribution in [3.63, 3.8) is 0 Å². The number of fused-ring (bicyclic) bond motifs is 1. The summed E-state index contributed by atoms with van der Waals surface area (Å²) in [5, 5.41) is 4.86. The Morgan fingerprint density at radius 1 is 1.04 bits per heavy atom. The first kappa shape index (κ1) is 18.5. The molecule has 0 saturated carbocycles. The van der Waals surface area contributed by atoms with E-state index in [1.807, 2.05) is 6.07 Å². The van der Waals surface area contributed by atoms with Crippen LogP contribution < -0.4 is 18.9 Å². The Hall–Kier alpha value is -2.31. The van der Waals surface area contributed by atoms with Crippen molar-refractivity contribution in [2.75, 3.05) is 27.4 Å². The van der Waals surface area contributed by atoms with Crippen molar-refractivity contribution in [3.8, 4) is 23.0 Å². The molecule has 2 aromatic rings. The van der Waals surface area contributed by atoms with E-state index in [-0.39, 0.29) is 6.61 Å². The Kier molecular flexibility index (Phi) is 5.96. The molecule has 1 aliphatic heterocycles. The van der Waals surface area contributed by atoms with E-state index in [4.69, 9.17) is 47.0 Å². The second-order valence-electron chi connectivity index (χ2n) is 5.35. The molecule has 26 heavy (non-hydrogen) atoms. The summed E-state index contributed by atoms with van der Waals surface area (Å²) in [6.45, 7) is 1.21. The molecule has 0 N–H and O–H groups in total. The third kappa shape index (κ3) is 4.08. The van der Waals surface area contributed by atoms with Gasteiger partial charge >= 0.3 is 0 Å². The summed E-state index contributed by atoms with van der Waals surface area (Å²) in [4.78, 5) is 5.34. The zero-order valence-corrected chi connectivity index (χ0v) is 15.8. The lowest BCUT2D eigenvalue weighted by Gasteiger charge is -2.20. The predicted molar refractivity (Wildman–Crippen MR) is 99.4 cm³/mol. The van der Waals surface area contributed by atoms with E-state index in [0.29, 0.717) is 51.8 Å². The Balaban J connectivity index is 1.66. The summed E-state index contributed by atoms with van der Waals surface area (Å²) in [5.74, 6) is 2.15. The molecule has 0 unspecified atom stereocenters. The number of ether oxygens (including phenoxy) is 4. The molecule has 0 radical (unpaired) electrons. The van der Waals surface area contributed by atoms with Gasteiger partial charge in [-0.25, -0.2) is 0 Å². The fraction of sp³-hybridized carbons (Fsp3) is 0.278. The Morgan fingerprint density at radius 2 is 1.85 bits per heavy atom. The Bertz CT molecular complexity index is 826. The van der Waals surface area contributed by atoms with E-state index in [1.165, 1.54) is 20.4 Å². The van der Waals surface area contributed by atoms with E-state index in [1.54, 1.807) is 18.2 Å². The lowest BCUT2D eigenvalue weighted by molar-refractivity contribution is 0.131. The fourth-order valence-corrected chi connectivity index (χ4v) is 3.05. The molecule has 1 aliphatic rings. The lowest BCUT2D eigenvalue weighted by atomic mass is 10.2. The van der Waals surface area contributed by atoms with E-state index in [9.17, 15) is 0 Å². The minimum atomic E-state index is 0.230. The van der Waals surface area contributed by atoms with Crippen LogP contribution in [0.15, 0.2) is 29.4 Å². The number of hydrogen-bond donors (Lipinski definition) is 0. The highest BCUT2D eigenvalue weighted by molar-refractivity contribution is 6.32. The minimum absolute atomic E-state index is 0.230. The molecule has 138 valence electrons. The molecule has 0 amide bonds. The van der Waals surface area contributed by atoms with Crippen LogP contribution >= 0.6 is 23.2 Å². The average molecular weight is 398 g/mol. The van der Waals surface area contributed by atoms with Crippen molar-refractivity contribution in [1.82, 2.24) is 0 Å². The summed E-state index contributed by atoms with van der Waals surface area (Å²) in [6.07, 6.45) is 1.54. The molecule has 6 nitrogen and oxygen atoms in total. The van der Waals surface area contributed by atoms with Gasteiger partial charge in [-0.3, -0.25) is 0 Å². The SMILES string of the molecule is COc1cc(/C=N/OCc2cc(Cl)c3c(c2)OCCO3)cc(Cl)c1OC. The van der Waals surface area contributed by atoms with Gasteiger partial charge in [-0.2, -0.15) is 0 Å². The first-order valence-corrected chi connectivity index (χ1v) is 8.53. The summed E-state index contributed by atoms with van der Waals surface area (Å²) < 4.78 is 21.5. The maximum absolute atomic E-state index is 6.20. The third-order valence-electron chi connectivity index (χ3n) is 3.62. The lowest BCUT2D eigenvalue weighted by Crippen LogP contribution is -2.15. The highest BCUT2D eigenvalue weighted by Gasteiger charge is 2.16. The highest BCUT2D eigenvalue weighted by Crippen LogP contribution is 2.38. The quantitative estimate of drug-likeness (QED) is 0.536. The molecule has 0 atom stereocenters. The van der Waals surface area contributed by atoms with Gasteiger partial charge in [0.1, 0.15) is 19.8 Å². The van der Waals surface area contributed by atoms with Gasteiger partial charge < -0.3 is 23.8 Å². The van der Waals surface area contributed by atoms with Crippen molar-refractivity contribution in [1.29, 1.82) is 0 Å². The largest absolute Gasteiger partial charge is 0.493 e. The normalized spacial score (nSPS) is 12.9. The number of halogens is 2. The van der Waals surface area contributed by atoms with Gasteiger partial charge in [-0.15, -0.1) is 0 Å². The van der Waals surface area contributed by atoms with Crippen LogP contribution in [0.2, 0.25) is 10.0 Å². The molecule has 0 saturated heterocycles. The van der Waals surface area contributed by atoms with E-state index < -0.39 is 0 Å². The van der Waals surface area contributed by atoms with E-state index >= 15 is 0 Å². The van der Waals surface area contributed by atoms with Gasteiger partial charge in [0.05, 0.1) is 30.5 Å². The van der Waals surface area contributed by atoms with Crippen LogP contribution in [0.1, 0.15) is 11.1 Å². The van der Waals surface area contributed by atoms with Crippen LogP contribution in [-0.4, -0.2) is 33.6 Å². The van der Waals surface area contributed by atoms with Crippen molar-refractivity contribution in [3.05, 3.63) is 45.4 Å². The molecule has 0 aliphatic carbocycles. The van der Waals surface area contributed by atoms with Gasteiger partial charge in [-0.05, 0) is 29.8 Å². The van der Waals surface area contributed by atoms with Gasteiger partial charge in [0.2, 0.25) is 0 Å². The average Bonchev–Trinajstić information content (AvgIpc) is 2.65. The third-order valence-corrected chi connectivity index (χ3v) is 4.18. The first-order valence-electron chi connectivity index (χ1n) is 7.77. The van der Waals surface area contributed by atoms with Crippen LogP contribution in [0.25, 0.3) is 0 Å². The molecule has 0 fully saturated rings.